The predicted molar refractivity (Wildman–Crippen MR) is 72.4 cm³/mol. The van der Waals surface area contributed by atoms with Gasteiger partial charge in [-0.15, -0.1) is 0 Å². The minimum absolute atomic E-state index is 0.531. The molecule has 0 unspecified atom stereocenters. The highest BCUT2D eigenvalue weighted by molar-refractivity contribution is 5.92. The van der Waals surface area contributed by atoms with Gasteiger partial charge in [0, 0.05) is 18.0 Å². The van der Waals surface area contributed by atoms with Gasteiger partial charge in [-0.2, -0.15) is 4.98 Å². The van der Waals surface area contributed by atoms with Crippen molar-refractivity contribution in [1.29, 1.82) is 0 Å². The molecule has 0 atom stereocenters. The molecule has 0 bridgehead atoms. The highest BCUT2D eigenvalue weighted by atomic mass is 16.5. The lowest BCUT2D eigenvalue weighted by molar-refractivity contribution is 0.376. The monoisotopic (exact) mass is 254 g/mol. The molecular weight excluding hydrogens is 240 g/mol. The van der Waals surface area contributed by atoms with Crippen molar-refractivity contribution in [2.24, 2.45) is 5.73 Å². The van der Waals surface area contributed by atoms with Crippen molar-refractivity contribution < 1.29 is 4.52 Å². The number of fused-ring (bicyclic) bond motifs is 1. The third-order valence-corrected chi connectivity index (χ3v) is 2.95. The summed E-state index contributed by atoms with van der Waals surface area (Å²) in [6, 6.07) is 9.98. The molecule has 0 saturated heterocycles. The van der Waals surface area contributed by atoms with Gasteiger partial charge in [0.25, 0.3) is 0 Å². The normalized spacial score (nSPS) is 11.0. The minimum Gasteiger partial charge on any atom is -0.339 e. The number of hydrogen-bond acceptors (Lipinski definition) is 5. The zero-order valence-corrected chi connectivity index (χ0v) is 10.4. The standard InChI is InChI=1S/C14H14N4O/c15-8-3-6-12-17-14(18-19-12)13-11-5-2-1-4-10(11)7-9-16-13/h1-2,4-5,7,9H,3,6,8,15H2. The Labute approximate surface area is 110 Å². The SMILES string of the molecule is NCCCc1nc(-c2nccc3ccccc23)no1. The molecule has 0 radical (unpaired) electrons. The van der Waals surface area contributed by atoms with E-state index in [1.165, 1.54) is 0 Å². The Kier molecular flexibility index (Phi) is 3.20. The van der Waals surface area contributed by atoms with Gasteiger partial charge in [-0.1, -0.05) is 29.4 Å². The average Bonchev–Trinajstić information content (AvgIpc) is 2.93. The Morgan fingerprint density at radius 3 is 2.95 bits per heavy atom. The number of nitrogens with two attached hydrogens (primary N) is 1. The van der Waals surface area contributed by atoms with Crippen LogP contribution in [0.5, 0.6) is 0 Å². The molecular formula is C14H14N4O. The number of benzene rings is 1. The molecule has 0 saturated carbocycles. The van der Waals surface area contributed by atoms with Gasteiger partial charge in [0.2, 0.25) is 11.7 Å². The van der Waals surface area contributed by atoms with Crippen LogP contribution in [-0.2, 0) is 6.42 Å². The number of aromatic nitrogens is 3. The fourth-order valence-electron chi connectivity index (χ4n) is 2.00. The molecule has 3 rings (SSSR count). The van der Waals surface area contributed by atoms with E-state index in [4.69, 9.17) is 10.3 Å². The van der Waals surface area contributed by atoms with Gasteiger partial charge in [0.15, 0.2) is 0 Å². The van der Waals surface area contributed by atoms with Crippen molar-refractivity contribution in [2.75, 3.05) is 6.54 Å². The van der Waals surface area contributed by atoms with E-state index in [2.05, 4.69) is 15.1 Å². The number of hydrogen-bond donors (Lipinski definition) is 1. The lowest BCUT2D eigenvalue weighted by Gasteiger charge is -2.00. The van der Waals surface area contributed by atoms with Crippen molar-refractivity contribution in [3.05, 3.63) is 42.4 Å². The number of rotatable bonds is 4. The minimum atomic E-state index is 0.531. The summed E-state index contributed by atoms with van der Waals surface area (Å²) >= 11 is 0. The summed E-state index contributed by atoms with van der Waals surface area (Å²) in [6.07, 6.45) is 3.30. The molecule has 0 aliphatic carbocycles. The molecule has 96 valence electrons. The molecule has 0 aliphatic heterocycles. The Morgan fingerprint density at radius 1 is 1.16 bits per heavy atom. The number of aryl methyl sites for hydroxylation is 1. The van der Waals surface area contributed by atoms with E-state index in [9.17, 15) is 0 Å². The molecule has 5 heteroatoms. The van der Waals surface area contributed by atoms with E-state index < -0.39 is 0 Å². The van der Waals surface area contributed by atoms with Crippen LogP contribution in [0.3, 0.4) is 0 Å². The zero-order valence-electron chi connectivity index (χ0n) is 10.4. The van der Waals surface area contributed by atoms with Gasteiger partial charge < -0.3 is 10.3 Å². The van der Waals surface area contributed by atoms with Crippen LogP contribution in [0.2, 0.25) is 0 Å². The molecule has 2 heterocycles. The van der Waals surface area contributed by atoms with Crippen LogP contribution in [0.15, 0.2) is 41.1 Å². The van der Waals surface area contributed by atoms with Crippen LogP contribution < -0.4 is 5.73 Å². The zero-order chi connectivity index (χ0) is 13.1. The summed E-state index contributed by atoms with van der Waals surface area (Å²) in [5.41, 5.74) is 6.22. The lowest BCUT2D eigenvalue weighted by atomic mass is 10.1. The van der Waals surface area contributed by atoms with Crippen LogP contribution in [0.1, 0.15) is 12.3 Å². The van der Waals surface area contributed by atoms with Crippen LogP contribution in [0, 0.1) is 0 Å². The first-order valence-corrected chi connectivity index (χ1v) is 6.25. The summed E-state index contributed by atoms with van der Waals surface area (Å²) in [4.78, 5) is 8.73. The number of nitrogens with zero attached hydrogens (tertiary/aromatic N) is 3. The van der Waals surface area contributed by atoms with E-state index in [0.717, 1.165) is 22.9 Å². The highest BCUT2D eigenvalue weighted by Gasteiger charge is 2.12. The Balaban J connectivity index is 2.02. The van der Waals surface area contributed by atoms with Crippen molar-refractivity contribution in [3.8, 4) is 11.5 Å². The first-order chi connectivity index (χ1) is 9.38. The van der Waals surface area contributed by atoms with Crippen LogP contribution in [-0.4, -0.2) is 21.7 Å². The van der Waals surface area contributed by atoms with E-state index in [1.54, 1.807) is 6.20 Å². The van der Waals surface area contributed by atoms with Crippen LogP contribution in [0.4, 0.5) is 0 Å². The van der Waals surface area contributed by atoms with E-state index in [-0.39, 0.29) is 0 Å². The fourth-order valence-corrected chi connectivity index (χ4v) is 2.00. The second kappa shape index (κ2) is 5.16. The van der Waals surface area contributed by atoms with E-state index in [0.29, 0.717) is 24.7 Å². The summed E-state index contributed by atoms with van der Waals surface area (Å²) in [5, 5.41) is 6.14. The number of pyridine rings is 1. The van der Waals surface area contributed by atoms with Gasteiger partial charge in [0.1, 0.15) is 5.69 Å². The molecule has 2 aromatic heterocycles. The quantitative estimate of drug-likeness (QED) is 0.772. The molecule has 1 aromatic carbocycles. The molecule has 0 aliphatic rings. The maximum atomic E-state index is 5.47. The third kappa shape index (κ3) is 2.32. The summed E-state index contributed by atoms with van der Waals surface area (Å²) < 4.78 is 5.21. The van der Waals surface area contributed by atoms with Gasteiger partial charge in [-0.05, 0) is 24.4 Å². The van der Waals surface area contributed by atoms with Gasteiger partial charge in [-0.3, -0.25) is 4.98 Å². The Hall–Kier alpha value is -2.27. The van der Waals surface area contributed by atoms with Crippen molar-refractivity contribution in [1.82, 2.24) is 15.1 Å². The van der Waals surface area contributed by atoms with Crippen molar-refractivity contribution in [2.45, 2.75) is 12.8 Å². The Bertz CT molecular complexity index is 687. The van der Waals surface area contributed by atoms with Crippen molar-refractivity contribution >= 4 is 10.8 Å². The molecule has 3 aromatic rings. The van der Waals surface area contributed by atoms with Crippen LogP contribution in [0.25, 0.3) is 22.3 Å². The Morgan fingerprint density at radius 2 is 2.05 bits per heavy atom. The first-order valence-electron chi connectivity index (χ1n) is 6.25. The molecule has 0 spiro atoms. The van der Waals surface area contributed by atoms with Crippen molar-refractivity contribution in [3.63, 3.8) is 0 Å². The average molecular weight is 254 g/mol. The smallest absolute Gasteiger partial charge is 0.227 e. The largest absolute Gasteiger partial charge is 0.339 e. The van der Waals surface area contributed by atoms with E-state index in [1.807, 2.05) is 30.3 Å². The topological polar surface area (TPSA) is 77.8 Å². The molecule has 2 N–H and O–H groups in total. The predicted octanol–water partition coefficient (Wildman–Crippen LogP) is 2.18. The summed E-state index contributed by atoms with van der Waals surface area (Å²) in [7, 11) is 0. The molecule has 19 heavy (non-hydrogen) atoms. The van der Waals surface area contributed by atoms with Crippen LogP contribution >= 0.6 is 0 Å². The highest BCUT2D eigenvalue weighted by Crippen LogP contribution is 2.24. The summed E-state index contributed by atoms with van der Waals surface area (Å²) in [6.45, 7) is 0.615. The summed E-state index contributed by atoms with van der Waals surface area (Å²) in [5.74, 6) is 1.14. The molecule has 0 fully saturated rings. The maximum Gasteiger partial charge on any atom is 0.227 e. The second-order valence-corrected chi connectivity index (χ2v) is 4.28. The fraction of sp³-hybridized carbons (Fsp3) is 0.214. The lowest BCUT2D eigenvalue weighted by Crippen LogP contribution is -2.00. The van der Waals surface area contributed by atoms with Gasteiger partial charge in [0.05, 0.1) is 0 Å². The second-order valence-electron chi connectivity index (χ2n) is 4.28. The molecule has 0 amide bonds. The first kappa shape index (κ1) is 11.8. The van der Waals surface area contributed by atoms with Gasteiger partial charge in [-0.25, -0.2) is 0 Å². The third-order valence-electron chi connectivity index (χ3n) is 2.95. The maximum absolute atomic E-state index is 5.47. The van der Waals surface area contributed by atoms with Gasteiger partial charge >= 0.3 is 0 Å². The molecule has 5 nitrogen and oxygen atoms in total. The van der Waals surface area contributed by atoms with E-state index >= 15 is 0 Å².